The molecule has 0 aliphatic heterocycles. The monoisotopic (exact) mass is 211 g/mol. The zero-order chi connectivity index (χ0) is 9.26. The zero-order valence-electron chi connectivity index (χ0n) is 6.80. The van der Waals surface area contributed by atoms with Crippen molar-refractivity contribution in [2.24, 2.45) is 0 Å². The van der Waals surface area contributed by atoms with Crippen LogP contribution in [0.15, 0.2) is 30.3 Å². The van der Waals surface area contributed by atoms with Gasteiger partial charge in [-0.1, -0.05) is 29.8 Å². The molecule has 0 bridgehead atoms. The van der Waals surface area contributed by atoms with Gasteiger partial charge in [0.1, 0.15) is 0 Å². The zero-order valence-corrected chi connectivity index (χ0v) is 8.31. The first-order valence-electron chi connectivity index (χ1n) is 3.91. The van der Waals surface area contributed by atoms with Crippen molar-refractivity contribution in [1.29, 1.82) is 0 Å². The number of para-hydroxylation sites is 1. The van der Waals surface area contributed by atoms with Gasteiger partial charge < -0.3 is 0 Å². The summed E-state index contributed by atoms with van der Waals surface area (Å²) in [4.78, 5) is 4.34. The van der Waals surface area contributed by atoms with Crippen LogP contribution in [0, 0.1) is 0 Å². The van der Waals surface area contributed by atoms with Crippen LogP contribution in [-0.4, -0.2) is 4.98 Å². The molecule has 1 nitrogen and oxygen atoms in total. The van der Waals surface area contributed by atoms with Crippen molar-refractivity contribution in [3.05, 3.63) is 41.0 Å². The van der Waals surface area contributed by atoms with Gasteiger partial charge in [-0.25, -0.2) is 0 Å². The minimum absolute atomic E-state index is 0.393. The molecular formula is C10H7Cl2N. The number of fused-ring (bicyclic) bond motifs is 1. The van der Waals surface area contributed by atoms with Gasteiger partial charge in [0.15, 0.2) is 0 Å². The van der Waals surface area contributed by atoms with Gasteiger partial charge in [-0.3, -0.25) is 4.98 Å². The van der Waals surface area contributed by atoms with Gasteiger partial charge in [0.05, 0.1) is 22.1 Å². The number of halogens is 2. The molecule has 2 aromatic rings. The summed E-state index contributed by atoms with van der Waals surface area (Å²) < 4.78 is 0. The van der Waals surface area contributed by atoms with E-state index in [9.17, 15) is 0 Å². The molecule has 66 valence electrons. The highest BCUT2D eigenvalue weighted by Gasteiger charge is 2.01. The van der Waals surface area contributed by atoms with E-state index < -0.39 is 0 Å². The normalized spacial score (nSPS) is 10.6. The van der Waals surface area contributed by atoms with E-state index in [4.69, 9.17) is 23.2 Å². The lowest BCUT2D eigenvalue weighted by Gasteiger charge is -2.01. The second-order valence-electron chi connectivity index (χ2n) is 2.75. The van der Waals surface area contributed by atoms with E-state index in [1.165, 1.54) is 0 Å². The van der Waals surface area contributed by atoms with Gasteiger partial charge in [0, 0.05) is 5.39 Å². The lowest BCUT2D eigenvalue weighted by Crippen LogP contribution is -1.86. The Balaban J connectivity index is 2.77. The van der Waals surface area contributed by atoms with Crippen molar-refractivity contribution in [3.8, 4) is 0 Å². The summed E-state index contributed by atoms with van der Waals surface area (Å²) in [5, 5.41) is 1.68. The van der Waals surface area contributed by atoms with E-state index in [-0.39, 0.29) is 0 Å². The van der Waals surface area contributed by atoms with Crippen LogP contribution in [0.2, 0.25) is 5.02 Å². The molecule has 0 fully saturated rings. The minimum Gasteiger partial charge on any atom is -0.251 e. The molecule has 0 aliphatic rings. The van der Waals surface area contributed by atoms with E-state index >= 15 is 0 Å². The summed E-state index contributed by atoms with van der Waals surface area (Å²) in [5.74, 6) is 0.393. The molecule has 3 heteroatoms. The number of hydrogen-bond donors (Lipinski definition) is 0. The largest absolute Gasteiger partial charge is 0.251 e. The fourth-order valence-corrected chi connectivity index (χ4v) is 1.68. The van der Waals surface area contributed by atoms with Gasteiger partial charge in [-0.15, -0.1) is 11.6 Å². The Morgan fingerprint density at radius 2 is 2.00 bits per heavy atom. The Bertz CT molecular complexity index is 440. The van der Waals surface area contributed by atoms with E-state index in [0.717, 1.165) is 16.6 Å². The molecule has 0 unspecified atom stereocenters. The predicted octanol–water partition coefficient (Wildman–Crippen LogP) is 3.63. The lowest BCUT2D eigenvalue weighted by molar-refractivity contribution is 1.22. The number of hydrogen-bond acceptors (Lipinski definition) is 1. The third kappa shape index (κ3) is 1.62. The number of benzene rings is 1. The quantitative estimate of drug-likeness (QED) is 0.657. The molecule has 1 heterocycles. The Kier molecular flexibility index (Phi) is 2.38. The van der Waals surface area contributed by atoms with Crippen molar-refractivity contribution in [3.63, 3.8) is 0 Å². The molecule has 0 N–H and O–H groups in total. The third-order valence-electron chi connectivity index (χ3n) is 1.86. The highest BCUT2D eigenvalue weighted by molar-refractivity contribution is 6.35. The Morgan fingerprint density at radius 1 is 1.23 bits per heavy atom. The fourth-order valence-electron chi connectivity index (χ4n) is 1.25. The predicted molar refractivity (Wildman–Crippen MR) is 56.3 cm³/mol. The average Bonchev–Trinajstić information content (AvgIpc) is 2.18. The van der Waals surface area contributed by atoms with Crippen molar-refractivity contribution < 1.29 is 0 Å². The first kappa shape index (κ1) is 8.79. The van der Waals surface area contributed by atoms with Crippen LogP contribution >= 0.6 is 23.2 Å². The van der Waals surface area contributed by atoms with Gasteiger partial charge in [0.2, 0.25) is 0 Å². The number of rotatable bonds is 1. The van der Waals surface area contributed by atoms with Crippen LogP contribution in [0.1, 0.15) is 5.69 Å². The first-order chi connectivity index (χ1) is 6.31. The van der Waals surface area contributed by atoms with Crippen molar-refractivity contribution in [2.45, 2.75) is 5.88 Å². The van der Waals surface area contributed by atoms with E-state index in [0.29, 0.717) is 10.9 Å². The highest BCUT2D eigenvalue weighted by atomic mass is 35.5. The highest BCUT2D eigenvalue weighted by Crippen LogP contribution is 2.23. The maximum Gasteiger partial charge on any atom is 0.0720 e. The van der Waals surface area contributed by atoms with Gasteiger partial charge in [0.25, 0.3) is 0 Å². The molecule has 0 amide bonds. The molecule has 0 aliphatic carbocycles. The van der Waals surface area contributed by atoms with Gasteiger partial charge in [-0.2, -0.15) is 0 Å². The SMILES string of the molecule is ClCc1cc(Cl)c2ccccc2n1. The average molecular weight is 212 g/mol. The number of pyridine rings is 1. The number of aromatic nitrogens is 1. The maximum absolute atomic E-state index is 6.04. The number of nitrogens with zero attached hydrogens (tertiary/aromatic N) is 1. The van der Waals surface area contributed by atoms with Crippen molar-refractivity contribution >= 4 is 34.1 Å². The maximum atomic E-state index is 6.04. The third-order valence-corrected chi connectivity index (χ3v) is 2.44. The summed E-state index contributed by atoms with van der Waals surface area (Å²) in [6, 6.07) is 9.55. The molecule has 1 aromatic carbocycles. The van der Waals surface area contributed by atoms with Crippen LogP contribution in [-0.2, 0) is 5.88 Å². The van der Waals surface area contributed by atoms with Crippen LogP contribution < -0.4 is 0 Å². The summed E-state index contributed by atoms with van der Waals surface area (Å²) in [7, 11) is 0. The topological polar surface area (TPSA) is 12.9 Å². The molecule has 13 heavy (non-hydrogen) atoms. The molecule has 1 aromatic heterocycles. The van der Waals surface area contributed by atoms with Crippen molar-refractivity contribution in [1.82, 2.24) is 4.98 Å². The van der Waals surface area contributed by atoms with Gasteiger partial charge in [-0.05, 0) is 12.1 Å². The van der Waals surface area contributed by atoms with Gasteiger partial charge >= 0.3 is 0 Å². The van der Waals surface area contributed by atoms with Crippen LogP contribution in [0.3, 0.4) is 0 Å². The van der Waals surface area contributed by atoms with Crippen LogP contribution in [0.25, 0.3) is 10.9 Å². The lowest BCUT2D eigenvalue weighted by atomic mass is 10.2. The molecular weight excluding hydrogens is 205 g/mol. The smallest absolute Gasteiger partial charge is 0.0720 e. The second-order valence-corrected chi connectivity index (χ2v) is 3.42. The molecule has 0 spiro atoms. The second kappa shape index (κ2) is 3.52. The minimum atomic E-state index is 0.393. The summed E-state index contributed by atoms with van der Waals surface area (Å²) in [6.45, 7) is 0. The molecule has 0 saturated carbocycles. The molecule has 0 atom stereocenters. The van der Waals surface area contributed by atoms with Crippen LogP contribution in [0.5, 0.6) is 0 Å². The Labute approximate surface area is 86.3 Å². The van der Waals surface area contributed by atoms with E-state index in [2.05, 4.69) is 4.98 Å². The van der Waals surface area contributed by atoms with Crippen molar-refractivity contribution in [2.75, 3.05) is 0 Å². The Morgan fingerprint density at radius 3 is 2.77 bits per heavy atom. The molecule has 0 saturated heterocycles. The van der Waals surface area contributed by atoms with E-state index in [1.807, 2.05) is 24.3 Å². The summed E-state index contributed by atoms with van der Waals surface area (Å²) >= 11 is 11.7. The summed E-state index contributed by atoms with van der Waals surface area (Å²) in [5.41, 5.74) is 1.70. The Hall–Kier alpha value is -0.790. The number of alkyl halides is 1. The first-order valence-corrected chi connectivity index (χ1v) is 4.82. The molecule has 2 rings (SSSR count). The molecule has 0 radical (unpaired) electrons. The fraction of sp³-hybridized carbons (Fsp3) is 0.100. The standard InChI is InChI=1S/C10H7Cl2N/c11-6-7-5-9(12)8-3-1-2-4-10(8)13-7/h1-5H,6H2. The van der Waals surface area contributed by atoms with Crippen LogP contribution in [0.4, 0.5) is 0 Å². The summed E-state index contributed by atoms with van der Waals surface area (Å²) in [6.07, 6.45) is 0. The van der Waals surface area contributed by atoms with E-state index in [1.54, 1.807) is 6.07 Å².